The molecule has 0 spiro atoms. The first-order chi connectivity index (χ1) is 10.5. The van der Waals surface area contributed by atoms with Gasteiger partial charge in [-0.25, -0.2) is 4.39 Å². The molecule has 0 fully saturated rings. The number of aromatic nitrogens is 2. The molecule has 0 aliphatic carbocycles. The van der Waals surface area contributed by atoms with E-state index in [0.717, 1.165) is 5.69 Å². The molecule has 0 saturated carbocycles. The Morgan fingerprint density at radius 3 is 2.55 bits per heavy atom. The highest BCUT2D eigenvalue weighted by atomic mass is 19.1. The number of nitrogens with zero attached hydrogens (tertiary/aromatic N) is 4. The van der Waals surface area contributed by atoms with E-state index in [2.05, 4.69) is 10.1 Å². The molecule has 1 aromatic carbocycles. The fourth-order valence-corrected chi connectivity index (χ4v) is 1.85. The third kappa shape index (κ3) is 4.18. The topological polar surface area (TPSA) is 88.5 Å². The van der Waals surface area contributed by atoms with Gasteiger partial charge in [-0.15, -0.1) is 0 Å². The van der Waals surface area contributed by atoms with Crippen molar-refractivity contribution in [2.24, 2.45) is 5.73 Å². The van der Waals surface area contributed by atoms with Crippen LogP contribution < -0.4 is 15.5 Å². The van der Waals surface area contributed by atoms with Gasteiger partial charge in [-0.1, -0.05) is 0 Å². The molecule has 0 aliphatic heterocycles. The molecule has 0 radical (unpaired) electrons. The molecule has 7 nitrogen and oxygen atoms in total. The van der Waals surface area contributed by atoms with Crippen molar-refractivity contribution >= 4 is 17.5 Å². The number of rotatable bonds is 7. The number of anilines is 2. The van der Waals surface area contributed by atoms with E-state index in [4.69, 9.17) is 10.3 Å². The van der Waals surface area contributed by atoms with Crippen molar-refractivity contribution in [2.75, 3.05) is 30.4 Å². The molecule has 2 rings (SSSR count). The minimum absolute atomic E-state index is 0.173. The second-order valence-corrected chi connectivity index (χ2v) is 5.00. The number of primary amides is 1. The van der Waals surface area contributed by atoms with Crippen LogP contribution in [0.5, 0.6) is 0 Å². The summed E-state index contributed by atoms with van der Waals surface area (Å²) in [7, 11) is 3.61. The number of amides is 1. The third-order valence-electron chi connectivity index (χ3n) is 3.00. The zero-order valence-electron chi connectivity index (χ0n) is 12.5. The van der Waals surface area contributed by atoms with E-state index in [9.17, 15) is 9.18 Å². The number of halogens is 1. The maximum Gasteiger partial charge on any atom is 0.265 e. The van der Waals surface area contributed by atoms with E-state index in [1.807, 2.05) is 4.90 Å². The van der Waals surface area contributed by atoms with Gasteiger partial charge in [0.25, 0.3) is 5.95 Å². The van der Waals surface area contributed by atoms with Crippen LogP contribution >= 0.6 is 0 Å². The molecule has 8 heteroatoms. The van der Waals surface area contributed by atoms with Crippen molar-refractivity contribution in [2.45, 2.75) is 13.0 Å². The summed E-state index contributed by atoms with van der Waals surface area (Å²) in [6.07, 6.45) is 0.173. The summed E-state index contributed by atoms with van der Waals surface area (Å²) in [5.74, 6) is 0.124. The van der Waals surface area contributed by atoms with Gasteiger partial charge in [-0.3, -0.25) is 4.79 Å². The molecule has 118 valence electrons. The van der Waals surface area contributed by atoms with Gasteiger partial charge >= 0.3 is 0 Å². The average Bonchev–Trinajstić information content (AvgIpc) is 2.93. The summed E-state index contributed by atoms with van der Waals surface area (Å²) in [4.78, 5) is 18.8. The van der Waals surface area contributed by atoms with Gasteiger partial charge in [0.15, 0.2) is 0 Å². The molecule has 0 aliphatic rings. The Labute approximate surface area is 127 Å². The summed E-state index contributed by atoms with van der Waals surface area (Å²) >= 11 is 0. The molecule has 22 heavy (non-hydrogen) atoms. The predicted molar refractivity (Wildman–Crippen MR) is 79.9 cm³/mol. The monoisotopic (exact) mass is 307 g/mol. The van der Waals surface area contributed by atoms with E-state index < -0.39 is 5.91 Å². The zero-order chi connectivity index (χ0) is 16.1. The molecule has 0 bridgehead atoms. The summed E-state index contributed by atoms with van der Waals surface area (Å²) < 4.78 is 18.2. The molecule has 1 heterocycles. The lowest BCUT2D eigenvalue weighted by atomic mass is 10.2. The Hall–Kier alpha value is -2.64. The Kier molecular flexibility index (Phi) is 4.92. The number of hydrogen-bond donors (Lipinski definition) is 1. The number of carbonyl (C=O) groups excluding carboxylic acids is 1. The van der Waals surface area contributed by atoms with Crippen LogP contribution in [0.15, 0.2) is 28.8 Å². The summed E-state index contributed by atoms with van der Waals surface area (Å²) in [5.41, 5.74) is 5.94. The fourth-order valence-electron chi connectivity index (χ4n) is 1.85. The lowest BCUT2D eigenvalue weighted by Gasteiger charge is -2.22. The molecule has 0 saturated heterocycles. The zero-order valence-corrected chi connectivity index (χ0v) is 12.5. The van der Waals surface area contributed by atoms with Crippen LogP contribution in [0.1, 0.15) is 12.3 Å². The Morgan fingerprint density at radius 2 is 2.00 bits per heavy atom. The van der Waals surface area contributed by atoms with Crippen molar-refractivity contribution < 1.29 is 13.7 Å². The van der Waals surface area contributed by atoms with Crippen molar-refractivity contribution in [3.8, 4) is 0 Å². The molecule has 0 unspecified atom stereocenters. The first kappa shape index (κ1) is 15.7. The highest BCUT2D eigenvalue weighted by Crippen LogP contribution is 2.18. The maximum atomic E-state index is 13.0. The van der Waals surface area contributed by atoms with Gasteiger partial charge in [-0.2, -0.15) is 4.98 Å². The molecule has 2 N–H and O–H groups in total. The van der Waals surface area contributed by atoms with Gasteiger partial charge < -0.3 is 20.1 Å². The molecular weight excluding hydrogens is 289 g/mol. The minimum Gasteiger partial charge on any atom is -0.370 e. The molecular formula is C14H18FN5O2. The van der Waals surface area contributed by atoms with Crippen molar-refractivity contribution in [1.82, 2.24) is 10.1 Å². The van der Waals surface area contributed by atoms with Crippen LogP contribution in [0.3, 0.4) is 0 Å². The highest BCUT2D eigenvalue weighted by Gasteiger charge is 2.14. The molecule has 1 amide bonds. The van der Waals surface area contributed by atoms with Gasteiger partial charge in [0.05, 0.1) is 6.54 Å². The normalized spacial score (nSPS) is 10.5. The molecule has 2 aromatic rings. The minimum atomic E-state index is -0.411. The fraction of sp³-hybridized carbons (Fsp3) is 0.357. The van der Waals surface area contributed by atoms with Crippen molar-refractivity contribution in [3.63, 3.8) is 0 Å². The second-order valence-electron chi connectivity index (χ2n) is 5.00. The van der Waals surface area contributed by atoms with Crippen LogP contribution in [-0.2, 0) is 11.3 Å². The van der Waals surface area contributed by atoms with Gasteiger partial charge in [0.2, 0.25) is 11.8 Å². The summed E-state index contributed by atoms with van der Waals surface area (Å²) in [6, 6.07) is 5.95. The van der Waals surface area contributed by atoms with Crippen molar-refractivity contribution in [1.29, 1.82) is 0 Å². The van der Waals surface area contributed by atoms with Crippen LogP contribution in [0.25, 0.3) is 0 Å². The van der Waals surface area contributed by atoms with Crippen molar-refractivity contribution in [3.05, 3.63) is 36.0 Å². The number of hydrogen-bond acceptors (Lipinski definition) is 6. The van der Waals surface area contributed by atoms with E-state index >= 15 is 0 Å². The molecule has 1 aromatic heterocycles. The Morgan fingerprint density at radius 1 is 1.32 bits per heavy atom. The first-order valence-electron chi connectivity index (χ1n) is 6.74. The van der Waals surface area contributed by atoms with Gasteiger partial charge in [0, 0.05) is 32.7 Å². The van der Waals surface area contributed by atoms with Gasteiger partial charge in [-0.05, 0) is 29.4 Å². The summed E-state index contributed by atoms with van der Waals surface area (Å²) in [6.45, 7) is 0.681. The highest BCUT2D eigenvalue weighted by molar-refractivity contribution is 5.74. The first-order valence-corrected chi connectivity index (χ1v) is 6.74. The Bertz CT molecular complexity index is 626. The van der Waals surface area contributed by atoms with Crippen LogP contribution in [0.2, 0.25) is 0 Å². The van der Waals surface area contributed by atoms with E-state index in [1.165, 1.54) is 12.1 Å². The van der Waals surface area contributed by atoms with Crippen LogP contribution in [0.4, 0.5) is 16.0 Å². The number of nitrogens with two attached hydrogens (primary N) is 1. The van der Waals surface area contributed by atoms with Gasteiger partial charge in [0.1, 0.15) is 5.82 Å². The second kappa shape index (κ2) is 6.88. The van der Waals surface area contributed by atoms with Crippen LogP contribution in [0, 0.1) is 5.82 Å². The SMILES string of the molecule is CN(C)c1noc(CN(CCC(N)=O)c2ccc(F)cc2)n1. The van der Waals surface area contributed by atoms with Crippen LogP contribution in [-0.4, -0.2) is 36.7 Å². The number of carbonyl (C=O) groups is 1. The maximum absolute atomic E-state index is 13.0. The standard InChI is InChI=1S/C14H18FN5O2/c1-19(2)14-17-13(22-18-14)9-20(8-7-12(16)21)11-5-3-10(15)4-6-11/h3-6H,7-9H2,1-2H3,(H2,16,21). The van der Waals surface area contributed by atoms with E-state index in [1.54, 1.807) is 31.1 Å². The third-order valence-corrected chi connectivity index (χ3v) is 3.00. The smallest absolute Gasteiger partial charge is 0.265 e. The largest absolute Gasteiger partial charge is 0.370 e. The average molecular weight is 307 g/mol. The quantitative estimate of drug-likeness (QED) is 0.825. The van der Waals surface area contributed by atoms with E-state index in [0.29, 0.717) is 24.9 Å². The number of benzene rings is 1. The predicted octanol–water partition coefficient (Wildman–Crippen LogP) is 1.16. The lowest BCUT2D eigenvalue weighted by molar-refractivity contribution is -0.117. The Balaban J connectivity index is 2.15. The molecule has 0 atom stereocenters. The van der Waals surface area contributed by atoms with E-state index in [-0.39, 0.29) is 12.2 Å². The summed E-state index contributed by atoms with van der Waals surface area (Å²) in [5, 5.41) is 3.83. The lowest BCUT2D eigenvalue weighted by Crippen LogP contribution is -2.27.